The van der Waals surface area contributed by atoms with Crippen molar-refractivity contribution in [2.45, 2.75) is 32.4 Å². The number of aromatic nitrogens is 1. The Kier molecular flexibility index (Phi) is 5.08. The number of carbonyl (C=O) groups excluding carboxylic acids is 1. The number of piperazine rings is 1. The highest BCUT2D eigenvalue weighted by Crippen LogP contribution is 2.18. The van der Waals surface area contributed by atoms with Gasteiger partial charge in [0, 0.05) is 39.3 Å². The van der Waals surface area contributed by atoms with E-state index in [1.54, 1.807) is 0 Å². The van der Waals surface area contributed by atoms with Crippen molar-refractivity contribution in [2.75, 3.05) is 39.3 Å². The lowest BCUT2D eigenvalue weighted by Gasteiger charge is -2.34. The standard InChI is InChI=1S/C19H26N4O3/c1-14-4-5-16-17(11-14)26-18(21-16)13-22-6-8-23(9-7-22)19(24)20-12-15-3-2-10-25-15/h4-5,11,15H,2-3,6-10,12-13H2,1H3,(H,20,24). The van der Waals surface area contributed by atoms with Crippen LogP contribution in [0.25, 0.3) is 11.1 Å². The van der Waals surface area contributed by atoms with Gasteiger partial charge in [-0.2, -0.15) is 0 Å². The minimum absolute atomic E-state index is 0.0116. The Bertz CT molecular complexity index is 761. The van der Waals surface area contributed by atoms with Crippen molar-refractivity contribution in [3.8, 4) is 0 Å². The average Bonchev–Trinajstić information content (AvgIpc) is 3.29. The minimum Gasteiger partial charge on any atom is -0.439 e. The van der Waals surface area contributed by atoms with Crippen LogP contribution in [-0.4, -0.2) is 66.2 Å². The van der Waals surface area contributed by atoms with Crippen molar-refractivity contribution in [3.63, 3.8) is 0 Å². The third kappa shape index (κ3) is 3.99. The molecule has 26 heavy (non-hydrogen) atoms. The maximum Gasteiger partial charge on any atom is 0.317 e. The molecule has 0 aliphatic carbocycles. The number of rotatable bonds is 4. The van der Waals surface area contributed by atoms with Gasteiger partial charge in [0.25, 0.3) is 0 Å². The Balaban J connectivity index is 1.25. The van der Waals surface area contributed by atoms with Gasteiger partial charge in [-0.05, 0) is 37.5 Å². The average molecular weight is 358 g/mol. The molecular weight excluding hydrogens is 332 g/mol. The lowest BCUT2D eigenvalue weighted by Crippen LogP contribution is -2.52. The lowest BCUT2D eigenvalue weighted by molar-refractivity contribution is 0.103. The highest BCUT2D eigenvalue weighted by molar-refractivity contribution is 5.74. The number of nitrogens with one attached hydrogen (secondary N) is 1. The zero-order chi connectivity index (χ0) is 17.9. The number of benzene rings is 1. The second-order valence-electron chi connectivity index (χ2n) is 7.16. The third-order valence-electron chi connectivity index (χ3n) is 5.11. The van der Waals surface area contributed by atoms with Gasteiger partial charge < -0.3 is 19.4 Å². The number of nitrogens with zero attached hydrogens (tertiary/aromatic N) is 3. The van der Waals surface area contributed by atoms with Crippen LogP contribution in [0.1, 0.15) is 24.3 Å². The molecule has 1 atom stereocenters. The van der Waals surface area contributed by atoms with Gasteiger partial charge in [-0.1, -0.05) is 6.07 Å². The van der Waals surface area contributed by atoms with Crippen molar-refractivity contribution in [1.82, 2.24) is 20.1 Å². The van der Waals surface area contributed by atoms with Gasteiger partial charge in [0.15, 0.2) is 5.58 Å². The molecule has 4 rings (SSSR count). The van der Waals surface area contributed by atoms with E-state index in [0.29, 0.717) is 13.1 Å². The molecule has 0 radical (unpaired) electrons. The summed E-state index contributed by atoms with van der Waals surface area (Å²) in [5, 5.41) is 2.99. The summed E-state index contributed by atoms with van der Waals surface area (Å²) in [6, 6.07) is 6.07. The predicted molar refractivity (Wildman–Crippen MR) is 98.0 cm³/mol. The smallest absolute Gasteiger partial charge is 0.317 e. The van der Waals surface area contributed by atoms with Crippen molar-refractivity contribution in [2.24, 2.45) is 0 Å². The maximum atomic E-state index is 12.3. The molecule has 2 aliphatic heterocycles. The first-order valence-corrected chi connectivity index (χ1v) is 9.40. The minimum atomic E-state index is 0.0116. The first kappa shape index (κ1) is 17.3. The summed E-state index contributed by atoms with van der Waals surface area (Å²) in [5.74, 6) is 0.738. The van der Waals surface area contributed by atoms with Gasteiger partial charge >= 0.3 is 6.03 Å². The molecule has 2 aliphatic rings. The van der Waals surface area contributed by atoms with Gasteiger partial charge in [-0.25, -0.2) is 9.78 Å². The van der Waals surface area contributed by atoms with Crippen molar-refractivity contribution < 1.29 is 13.9 Å². The van der Waals surface area contributed by atoms with Crippen LogP contribution >= 0.6 is 0 Å². The highest BCUT2D eigenvalue weighted by Gasteiger charge is 2.23. The Morgan fingerprint density at radius 2 is 2.15 bits per heavy atom. The van der Waals surface area contributed by atoms with Crippen LogP contribution in [0.2, 0.25) is 0 Å². The zero-order valence-corrected chi connectivity index (χ0v) is 15.2. The predicted octanol–water partition coefficient (Wildman–Crippen LogP) is 2.14. The number of fused-ring (bicyclic) bond motifs is 1. The summed E-state index contributed by atoms with van der Waals surface area (Å²) >= 11 is 0. The van der Waals surface area contributed by atoms with E-state index < -0.39 is 0 Å². The highest BCUT2D eigenvalue weighted by atomic mass is 16.5. The molecule has 7 nitrogen and oxygen atoms in total. The number of hydrogen-bond donors (Lipinski definition) is 1. The Hall–Kier alpha value is -2.12. The molecule has 1 aromatic heterocycles. The summed E-state index contributed by atoms with van der Waals surface area (Å²) in [7, 11) is 0. The third-order valence-corrected chi connectivity index (χ3v) is 5.11. The van der Waals surface area contributed by atoms with E-state index in [4.69, 9.17) is 9.15 Å². The van der Waals surface area contributed by atoms with Crippen LogP contribution < -0.4 is 5.32 Å². The second kappa shape index (κ2) is 7.63. The first-order chi connectivity index (χ1) is 12.7. The number of carbonyl (C=O) groups is 1. The SMILES string of the molecule is Cc1ccc2nc(CN3CCN(C(=O)NCC4CCCO4)CC3)oc2c1. The first-order valence-electron chi connectivity index (χ1n) is 9.40. The van der Waals surface area contributed by atoms with Gasteiger partial charge in [-0.3, -0.25) is 4.90 Å². The number of aryl methyl sites for hydroxylation is 1. The molecular formula is C19H26N4O3. The van der Waals surface area contributed by atoms with Gasteiger partial charge in [0.05, 0.1) is 12.6 Å². The number of oxazole rings is 1. The van der Waals surface area contributed by atoms with Gasteiger partial charge in [0.2, 0.25) is 5.89 Å². The summed E-state index contributed by atoms with van der Waals surface area (Å²) in [4.78, 5) is 21.0. The molecule has 1 N–H and O–H groups in total. The molecule has 2 amide bonds. The number of amides is 2. The van der Waals surface area contributed by atoms with E-state index >= 15 is 0 Å². The molecule has 0 bridgehead atoms. The molecule has 140 valence electrons. The largest absolute Gasteiger partial charge is 0.439 e. The summed E-state index contributed by atoms with van der Waals surface area (Å²) in [5.41, 5.74) is 2.91. The van der Waals surface area contributed by atoms with Crippen molar-refractivity contribution >= 4 is 17.1 Å². The summed E-state index contributed by atoms with van der Waals surface area (Å²) in [6.45, 7) is 7.24. The summed E-state index contributed by atoms with van der Waals surface area (Å²) in [6.07, 6.45) is 2.32. The van der Waals surface area contributed by atoms with Crippen LogP contribution in [-0.2, 0) is 11.3 Å². The van der Waals surface area contributed by atoms with E-state index in [0.717, 1.165) is 62.6 Å². The molecule has 3 heterocycles. The Morgan fingerprint density at radius 3 is 2.92 bits per heavy atom. The van der Waals surface area contributed by atoms with Gasteiger partial charge in [0.1, 0.15) is 5.52 Å². The fraction of sp³-hybridized carbons (Fsp3) is 0.579. The zero-order valence-electron chi connectivity index (χ0n) is 15.2. The molecule has 0 saturated carbocycles. The van der Waals surface area contributed by atoms with Gasteiger partial charge in [-0.15, -0.1) is 0 Å². The van der Waals surface area contributed by atoms with E-state index in [1.165, 1.54) is 5.56 Å². The monoisotopic (exact) mass is 358 g/mol. The van der Waals surface area contributed by atoms with E-state index in [9.17, 15) is 4.79 Å². The van der Waals surface area contributed by atoms with Crippen molar-refractivity contribution in [1.29, 1.82) is 0 Å². The van der Waals surface area contributed by atoms with E-state index in [1.807, 2.05) is 30.0 Å². The second-order valence-corrected chi connectivity index (χ2v) is 7.16. The molecule has 7 heteroatoms. The molecule has 0 spiro atoms. The molecule has 2 fully saturated rings. The molecule has 1 unspecified atom stereocenters. The Morgan fingerprint density at radius 1 is 1.31 bits per heavy atom. The lowest BCUT2D eigenvalue weighted by atomic mass is 10.2. The topological polar surface area (TPSA) is 70.8 Å². The maximum absolute atomic E-state index is 12.3. The number of urea groups is 1. The van der Waals surface area contributed by atoms with E-state index in [2.05, 4.69) is 15.2 Å². The van der Waals surface area contributed by atoms with Crippen LogP contribution in [0.4, 0.5) is 4.79 Å². The van der Waals surface area contributed by atoms with Crippen LogP contribution in [0.3, 0.4) is 0 Å². The quantitative estimate of drug-likeness (QED) is 0.907. The fourth-order valence-electron chi connectivity index (χ4n) is 3.57. The Labute approximate surface area is 153 Å². The fourth-order valence-corrected chi connectivity index (χ4v) is 3.57. The normalized spacial score (nSPS) is 21.4. The summed E-state index contributed by atoms with van der Waals surface area (Å²) < 4.78 is 11.4. The van der Waals surface area contributed by atoms with Crippen LogP contribution in [0, 0.1) is 6.92 Å². The number of hydrogen-bond acceptors (Lipinski definition) is 5. The number of ether oxygens (including phenoxy) is 1. The van der Waals surface area contributed by atoms with E-state index in [-0.39, 0.29) is 12.1 Å². The van der Waals surface area contributed by atoms with Crippen LogP contribution in [0.5, 0.6) is 0 Å². The molecule has 2 saturated heterocycles. The molecule has 1 aromatic carbocycles. The molecule has 2 aromatic rings. The van der Waals surface area contributed by atoms with Crippen LogP contribution in [0.15, 0.2) is 22.6 Å². The van der Waals surface area contributed by atoms with Crippen molar-refractivity contribution in [3.05, 3.63) is 29.7 Å².